The molecule has 4 N–H and O–H groups in total. The van der Waals surface area contributed by atoms with Crippen molar-refractivity contribution in [1.29, 1.82) is 0 Å². The fraction of sp³-hybridized carbons (Fsp3) is 1.00. The highest BCUT2D eigenvalue weighted by Crippen LogP contribution is 2.52. The Bertz CT molecular complexity index is 282. The first-order valence-electron chi connectivity index (χ1n) is 4.23. The second-order valence-corrected chi connectivity index (χ2v) is 4.87. The molecule has 0 aromatic heterocycles. The van der Waals surface area contributed by atoms with Gasteiger partial charge in [0.25, 0.3) is 7.82 Å². The van der Waals surface area contributed by atoms with Gasteiger partial charge in [0.1, 0.15) is 36.6 Å². The average Bonchev–Trinajstić information content (AvgIpc) is 2.48. The number of hydrogen-bond acceptors (Lipinski definition) is 8. The van der Waals surface area contributed by atoms with E-state index in [1.807, 2.05) is 0 Å². The lowest BCUT2D eigenvalue weighted by Gasteiger charge is -2.38. The predicted molar refractivity (Wildman–Crippen MR) is 41.4 cm³/mol. The third-order valence-electron chi connectivity index (χ3n) is 2.55. The van der Waals surface area contributed by atoms with Gasteiger partial charge in [-0.15, -0.1) is 0 Å². The highest BCUT2D eigenvalue weighted by atomic mass is 31.2. The lowest BCUT2D eigenvalue weighted by Crippen LogP contribution is -2.62. The summed E-state index contributed by atoms with van der Waals surface area (Å²) in [5, 5.41) is 37.3. The van der Waals surface area contributed by atoms with Crippen LogP contribution in [-0.4, -0.2) is 57.0 Å². The van der Waals surface area contributed by atoms with Crippen molar-refractivity contribution >= 4 is 7.82 Å². The number of aliphatic hydroxyl groups is 4. The summed E-state index contributed by atoms with van der Waals surface area (Å²) in [6, 6.07) is 0. The van der Waals surface area contributed by atoms with Crippen LogP contribution in [0.5, 0.6) is 0 Å². The van der Waals surface area contributed by atoms with Crippen LogP contribution in [0.2, 0.25) is 0 Å². The molecule has 15 heavy (non-hydrogen) atoms. The molecule has 7 atom stereocenters. The minimum atomic E-state index is -4.57. The number of phosphoric ester groups is 1. The van der Waals surface area contributed by atoms with E-state index in [9.17, 15) is 29.9 Å². The third-order valence-corrected chi connectivity index (χ3v) is 3.55. The van der Waals surface area contributed by atoms with E-state index in [1.54, 1.807) is 0 Å². The fourth-order valence-corrected chi connectivity index (χ4v) is 2.88. The lowest BCUT2D eigenvalue weighted by atomic mass is 9.85. The van der Waals surface area contributed by atoms with Crippen molar-refractivity contribution in [3.05, 3.63) is 0 Å². The Morgan fingerprint density at radius 2 is 1.20 bits per heavy atom. The van der Waals surface area contributed by atoms with Gasteiger partial charge in [-0.3, -0.25) is 4.57 Å². The highest BCUT2D eigenvalue weighted by molar-refractivity contribution is 7.46. The monoisotopic (exact) mass is 241 g/mol. The zero-order valence-electron chi connectivity index (χ0n) is 7.33. The predicted octanol–water partition coefficient (Wildman–Crippen LogP) is -3.30. The molecule has 0 bridgehead atoms. The highest BCUT2D eigenvalue weighted by Gasteiger charge is 2.55. The molecule has 2 rings (SSSR count). The Labute approximate surface area is 84.3 Å². The van der Waals surface area contributed by atoms with E-state index in [1.165, 1.54) is 0 Å². The first-order valence-corrected chi connectivity index (χ1v) is 5.70. The Morgan fingerprint density at radius 1 is 0.867 bits per heavy atom. The summed E-state index contributed by atoms with van der Waals surface area (Å²) in [6.45, 7) is 0. The molecule has 1 saturated carbocycles. The number of hydrogen-bond donors (Lipinski definition) is 4. The van der Waals surface area contributed by atoms with E-state index in [-0.39, 0.29) is 0 Å². The van der Waals surface area contributed by atoms with Crippen LogP contribution in [0, 0.1) is 0 Å². The first kappa shape index (κ1) is 11.4. The van der Waals surface area contributed by atoms with Gasteiger partial charge in [-0.1, -0.05) is 0 Å². The minimum absolute atomic E-state index is 1.39. The molecule has 1 aliphatic heterocycles. The molecule has 1 unspecified atom stereocenters. The first-order chi connectivity index (χ1) is 6.83. The third kappa shape index (κ3) is 1.73. The largest absolute Gasteiger partial charge is 0.756 e. The molecule has 2 fully saturated rings. The van der Waals surface area contributed by atoms with E-state index < -0.39 is 44.4 Å². The molecule has 1 aliphatic carbocycles. The van der Waals surface area contributed by atoms with Gasteiger partial charge < -0.3 is 34.4 Å². The second kappa shape index (κ2) is 3.47. The summed E-state index contributed by atoms with van der Waals surface area (Å²) in [5.41, 5.74) is 0. The van der Waals surface area contributed by atoms with E-state index in [4.69, 9.17) is 0 Å². The van der Waals surface area contributed by atoms with Crippen LogP contribution >= 0.6 is 7.82 Å². The molecule has 0 amide bonds. The molecule has 2 aliphatic rings. The van der Waals surface area contributed by atoms with E-state index in [2.05, 4.69) is 9.05 Å². The zero-order valence-corrected chi connectivity index (χ0v) is 8.23. The Kier molecular flexibility index (Phi) is 2.65. The van der Waals surface area contributed by atoms with Crippen LogP contribution in [0.4, 0.5) is 0 Å². The fourth-order valence-electron chi connectivity index (χ4n) is 1.75. The van der Waals surface area contributed by atoms with Crippen molar-refractivity contribution in [3.63, 3.8) is 0 Å². The van der Waals surface area contributed by atoms with Crippen LogP contribution in [0.1, 0.15) is 0 Å². The quantitative estimate of drug-likeness (QED) is 0.323. The van der Waals surface area contributed by atoms with Gasteiger partial charge in [-0.05, 0) is 0 Å². The summed E-state index contributed by atoms with van der Waals surface area (Å²) >= 11 is 0. The van der Waals surface area contributed by atoms with Crippen LogP contribution in [0.3, 0.4) is 0 Å². The van der Waals surface area contributed by atoms with Gasteiger partial charge in [0.15, 0.2) is 0 Å². The Morgan fingerprint density at radius 3 is 1.53 bits per heavy atom. The van der Waals surface area contributed by atoms with Crippen molar-refractivity contribution in [2.45, 2.75) is 36.6 Å². The molecule has 9 heteroatoms. The summed E-state index contributed by atoms with van der Waals surface area (Å²) in [5.74, 6) is 0. The maximum absolute atomic E-state index is 10.9. The van der Waals surface area contributed by atoms with Gasteiger partial charge in [-0.2, -0.15) is 0 Å². The summed E-state index contributed by atoms with van der Waals surface area (Å²) in [7, 11) is -4.57. The second-order valence-electron chi connectivity index (χ2n) is 3.55. The number of phosphoric acid groups is 1. The van der Waals surface area contributed by atoms with Crippen molar-refractivity contribution in [2.24, 2.45) is 0 Å². The maximum Gasteiger partial charge on any atom is 0.268 e. The van der Waals surface area contributed by atoms with Gasteiger partial charge >= 0.3 is 0 Å². The molecule has 0 spiro atoms. The minimum Gasteiger partial charge on any atom is -0.756 e. The average molecular weight is 241 g/mol. The SMILES string of the molecule is O=P1([O-])O[C@H]2[C@H](O)[C@H](O)[C@H](O)[C@@H](O)[C@@H]2O1. The van der Waals surface area contributed by atoms with Crippen molar-refractivity contribution in [3.8, 4) is 0 Å². The number of fused-ring (bicyclic) bond motifs is 1. The summed E-state index contributed by atoms with van der Waals surface area (Å²) in [4.78, 5) is 10.9. The molecule has 0 aromatic rings. The molecule has 88 valence electrons. The Hall–Kier alpha value is -0.0500. The Balaban J connectivity index is 2.27. The van der Waals surface area contributed by atoms with E-state index >= 15 is 0 Å². The topological polar surface area (TPSA) is 140 Å². The molecular formula is C6H10O8P-. The standard InChI is InChI=1S/C6H11O8P/c7-1-2(8)4(10)6-5(3(1)9)13-15(11,12)14-6/h1-10H,(H,11,12)/p-1/t1-,2+,3-,4-,5+,6+/m1/s1. The van der Waals surface area contributed by atoms with Crippen LogP contribution < -0.4 is 4.89 Å². The van der Waals surface area contributed by atoms with Crippen LogP contribution in [-0.2, 0) is 13.6 Å². The van der Waals surface area contributed by atoms with Crippen LogP contribution in [0.25, 0.3) is 0 Å². The van der Waals surface area contributed by atoms with Crippen LogP contribution in [0.15, 0.2) is 0 Å². The summed E-state index contributed by atoms with van der Waals surface area (Å²) < 4.78 is 19.6. The summed E-state index contributed by atoms with van der Waals surface area (Å²) in [6.07, 6.45) is -9.38. The molecule has 0 radical (unpaired) electrons. The molecule has 8 nitrogen and oxygen atoms in total. The van der Waals surface area contributed by atoms with Gasteiger partial charge in [0, 0.05) is 0 Å². The number of rotatable bonds is 0. The van der Waals surface area contributed by atoms with Gasteiger partial charge in [0.05, 0.1) is 0 Å². The maximum atomic E-state index is 10.9. The van der Waals surface area contributed by atoms with E-state index in [0.29, 0.717) is 0 Å². The van der Waals surface area contributed by atoms with Gasteiger partial charge in [0.2, 0.25) is 0 Å². The smallest absolute Gasteiger partial charge is 0.268 e. The zero-order chi connectivity index (χ0) is 11.4. The molecular weight excluding hydrogens is 231 g/mol. The van der Waals surface area contributed by atoms with Gasteiger partial charge in [-0.25, -0.2) is 0 Å². The molecule has 1 heterocycles. The van der Waals surface area contributed by atoms with Crippen molar-refractivity contribution < 1.29 is 38.9 Å². The molecule has 0 aromatic carbocycles. The van der Waals surface area contributed by atoms with E-state index in [0.717, 1.165) is 0 Å². The van der Waals surface area contributed by atoms with Crippen molar-refractivity contribution in [2.75, 3.05) is 0 Å². The van der Waals surface area contributed by atoms with Crippen molar-refractivity contribution in [1.82, 2.24) is 0 Å². The normalized spacial score (nSPS) is 60.3. The number of aliphatic hydroxyl groups excluding tert-OH is 4. The molecule has 1 saturated heterocycles. The lowest BCUT2D eigenvalue weighted by molar-refractivity contribution is -0.217.